The molecule has 0 aliphatic rings. The van der Waals surface area contributed by atoms with Crippen LogP contribution in [0, 0.1) is 13.8 Å². The van der Waals surface area contributed by atoms with Crippen molar-refractivity contribution in [1.82, 2.24) is 5.32 Å². The number of anilines is 1. The van der Waals surface area contributed by atoms with Gasteiger partial charge in [-0.15, -0.1) is 0 Å². The number of para-hydroxylation sites is 1. The Bertz CT molecular complexity index is 1150. The van der Waals surface area contributed by atoms with Crippen LogP contribution < -0.4 is 9.62 Å². The maximum atomic E-state index is 13.4. The van der Waals surface area contributed by atoms with E-state index in [1.54, 1.807) is 12.1 Å². The van der Waals surface area contributed by atoms with E-state index < -0.39 is 15.9 Å². The molecule has 0 aliphatic carbocycles. The molecule has 0 unspecified atom stereocenters. The highest BCUT2D eigenvalue weighted by Crippen LogP contribution is 2.27. The number of carbonyl (C=O) groups is 1. The molecule has 1 amide bonds. The standard InChI is InChI=1S/C23H23ClN2O3S/c1-17-6-5-8-19(14-17)15-25-23(27)16-26(22-9-4-3-7-18(22)2)30(28,29)21-12-10-20(24)11-13-21/h3-14H,15-16H2,1-2H3,(H,25,27). The lowest BCUT2D eigenvalue weighted by Gasteiger charge is -2.25. The number of halogens is 1. The highest BCUT2D eigenvalue weighted by molar-refractivity contribution is 7.92. The first-order valence-corrected chi connectivity index (χ1v) is 11.3. The molecule has 0 spiro atoms. The van der Waals surface area contributed by atoms with Gasteiger partial charge in [-0.3, -0.25) is 9.10 Å². The van der Waals surface area contributed by atoms with E-state index >= 15 is 0 Å². The molecule has 7 heteroatoms. The Morgan fingerprint density at radius 3 is 2.33 bits per heavy atom. The van der Waals surface area contributed by atoms with Crippen molar-refractivity contribution in [3.8, 4) is 0 Å². The Labute approximate surface area is 182 Å². The van der Waals surface area contributed by atoms with Gasteiger partial charge in [-0.05, 0) is 55.3 Å². The third-order valence-corrected chi connectivity index (χ3v) is 6.67. The van der Waals surface area contributed by atoms with Gasteiger partial charge in [0.25, 0.3) is 10.0 Å². The molecule has 5 nitrogen and oxygen atoms in total. The van der Waals surface area contributed by atoms with Crippen LogP contribution in [0.25, 0.3) is 0 Å². The van der Waals surface area contributed by atoms with Crippen LogP contribution in [0.15, 0.2) is 77.7 Å². The van der Waals surface area contributed by atoms with E-state index in [0.717, 1.165) is 21.0 Å². The normalized spacial score (nSPS) is 11.2. The molecule has 0 saturated carbocycles. The number of amides is 1. The number of nitrogens with one attached hydrogen (secondary N) is 1. The quantitative estimate of drug-likeness (QED) is 0.587. The smallest absolute Gasteiger partial charge is 0.264 e. The molecule has 0 saturated heterocycles. The Kier molecular flexibility index (Phi) is 6.80. The lowest BCUT2D eigenvalue weighted by Crippen LogP contribution is -2.41. The lowest BCUT2D eigenvalue weighted by atomic mass is 10.1. The minimum atomic E-state index is -3.96. The fourth-order valence-corrected chi connectivity index (χ4v) is 4.70. The van der Waals surface area contributed by atoms with Crippen LogP contribution >= 0.6 is 11.6 Å². The van der Waals surface area contributed by atoms with Gasteiger partial charge in [0.1, 0.15) is 6.54 Å². The molecule has 0 radical (unpaired) electrons. The summed E-state index contributed by atoms with van der Waals surface area (Å²) in [4.78, 5) is 12.8. The Balaban J connectivity index is 1.87. The van der Waals surface area contributed by atoms with E-state index in [4.69, 9.17) is 11.6 Å². The highest BCUT2D eigenvalue weighted by Gasteiger charge is 2.28. The Morgan fingerprint density at radius 1 is 0.967 bits per heavy atom. The molecular weight excluding hydrogens is 420 g/mol. The number of hydrogen-bond donors (Lipinski definition) is 1. The van der Waals surface area contributed by atoms with Gasteiger partial charge in [-0.1, -0.05) is 59.6 Å². The molecule has 0 aromatic heterocycles. The molecule has 0 fully saturated rings. The molecule has 0 aliphatic heterocycles. The van der Waals surface area contributed by atoms with Gasteiger partial charge in [0, 0.05) is 11.6 Å². The number of rotatable bonds is 7. The summed E-state index contributed by atoms with van der Waals surface area (Å²) in [5.41, 5.74) is 3.25. The monoisotopic (exact) mass is 442 g/mol. The van der Waals surface area contributed by atoms with Gasteiger partial charge in [0.05, 0.1) is 10.6 Å². The summed E-state index contributed by atoms with van der Waals surface area (Å²) in [5, 5.41) is 3.25. The predicted octanol–water partition coefficient (Wildman–Crippen LogP) is 4.47. The molecule has 0 bridgehead atoms. The van der Waals surface area contributed by atoms with Gasteiger partial charge in [0.15, 0.2) is 0 Å². The number of hydrogen-bond acceptors (Lipinski definition) is 3. The van der Waals surface area contributed by atoms with Crippen molar-refractivity contribution in [2.24, 2.45) is 0 Å². The Hall–Kier alpha value is -2.83. The molecule has 0 heterocycles. The number of sulfonamides is 1. The number of aryl methyl sites for hydroxylation is 2. The highest BCUT2D eigenvalue weighted by atomic mass is 35.5. The second-order valence-electron chi connectivity index (χ2n) is 7.02. The van der Waals surface area contributed by atoms with Crippen LogP contribution in [0.1, 0.15) is 16.7 Å². The molecule has 3 aromatic carbocycles. The van der Waals surface area contributed by atoms with Crippen molar-refractivity contribution < 1.29 is 13.2 Å². The summed E-state index contributed by atoms with van der Waals surface area (Å²) in [6.07, 6.45) is 0. The second-order valence-corrected chi connectivity index (χ2v) is 9.32. The van der Waals surface area contributed by atoms with E-state index in [9.17, 15) is 13.2 Å². The number of benzene rings is 3. The average molecular weight is 443 g/mol. The van der Waals surface area contributed by atoms with Gasteiger partial charge < -0.3 is 5.32 Å². The third kappa shape index (κ3) is 5.20. The Morgan fingerprint density at radius 2 is 1.67 bits per heavy atom. The summed E-state index contributed by atoms with van der Waals surface area (Å²) in [7, 11) is -3.96. The fourth-order valence-electron chi connectivity index (χ4n) is 3.09. The molecule has 156 valence electrons. The maximum absolute atomic E-state index is 13.4. The zero-order valence-corrected chi connectivity index (χ0v) is 18.4. The van der Waals surface area contributed by atoms with E-state index in [2.05, 4.69) is 5.32 Å². The topological polar surface area (TPSA) is 66.5 Å². The van der Waals surface area contributed by atoms with Crippen molar-refractivity contribution in [3.05, 3.63) is 94.5 Å². The van der Waals surface area contributed by atoms with Gasteiger partial charge in [-0.25, -0.2) is 8.42 Å². The summed E-state index contributed by atoms with van der Waals surface area (Å²) in [5.74, 6) is -0.391. The minimum absolute atomic E-state index is 0.0710. The first kappa shape index (κ1) is 21.9. The van der Waals surface area contributed by atoms with Gasteiger partial charge in [-0.2, -0.15) is 0 Å². The van der Waals surface area contributed by atoms with E-state index in [0.29, 0.717) is 17.3 Å². The zero-order valence-electron chi connectivity index (χ0n) is 16.8. The van der Waals surface area contributed by atoms with Crippen LogP contribution in [0.5, 0.6) is 0 Å². The van der Waals surface area contributed by atoms with E-state index in [1.807, 2.05) is 50.2 Å². The molecule has 1 N–H and O–H groups in total. The van der Waals surface area contributed by atoms with Gasteiger partial charge in [0.2, 0.25) is 5.91 Å². The molecular formula is C23H23ClN2O3S. The zero-order chi connectivity index (χ0) is 21.7. The lowest BCUT2D eigenvalue weighted by molar-refractivity contribution is -0.119. The van der Waals surface area contributed by atoms with Crippen LogP contribution in [-0.2, 0) is 21.4 Å². The summed E-state index contributed by atoms with van der Waals surface area (Å²) < 4.78 is 27.8. The first-order valence-electron chi connectivity index (χ1n) is 9.43. The largest absolute Gasteiger partial charge is 0.350 e. The average Bonchev–Trinajstić information content (AvgIpc) is 2.71. The van der Waals surface area contributed by atoms with Crippen LogP contribution in [-0.4, -0.2) is 20.9 Å². The van der Waals surface area contributed by atoms with Crippen molar-refractivity contribution in [2.45, 2.75) is 25.3 Å². The molecule has 3 rings (SSSR count). The summed E-state index contributed by atoms with van der Waals surface area (Å²) in [6.45, 7) is 3.78. The van der Waals surface area contributed by atoms with Crippen LogP contribution in [0.4, 0.5) is 5.69 Å². The van der Waals surface area contributed by atoms with Crippen molar-refractivity contribution >= 4 is 33.2 Å². The second kappa shape index (κ2) is 9.32. The van der Waals surface area contributed by atoms with E-state index in [-0.39, 0.29) is 11.4 Å². The number of carbonyl (C=O) groups excluding carboxylic acids is 1. The number of nitrogens with zero attached hydrogens (tertiary/aromatic N) is 1. The summed E-state index contributed by atoms with van der Waals surface area (Å²) in [6, 6.07) is 20.8. The minimum Gasteiger partial charge on any atom is -0.350 e. The predicted molar refractivity (Wildman–Crippen MR) is 120 cm³/mol. The third-order valence-electron chi connectivity index (χ3n) is 4.65. The molecule has 3 aromatic rings. The maximum Gasteiger partial charge on any atom is 0.264 e. The van der Waals surface area contributed by atoms with Crippen molar-refractivity contribution in [1.29, 1.82) is 0 Å². The van der Waals surface area contributed by atoms with Crippen LogP contribution in [0.3, 0.4) is 0 Å². The van der Waals surface area contributed by atoms with Crippen molar-refractivity contribution in [2.75, 3.05) is 10.8 Å². The van der Waals surface area contributed by atoms with E-state index in [1.165, 1.54) is 24.3 Å². The fraction of sp³-hybridized carbons (Fsp3) is 0.174. The van der Waals surface area contributed by atoms with Crippen molar-refractivity contribution in [3.63, 3.8) is 0 Å². The summed E-state index contributed by atoms with van der Waals surface area (Å²) >= 11 is 5.91. The molecule has 30 heavy (non-hydrogen) atoms. The van der Waals surface area contributed by atoms with Gasteiger partial charge >= 0.3 is 0 Å². The van der Waals surface area contributed by atoms with Crippen LogP contribution in [0.2, 0.25) is 5.02 Å². The first-order chi connectivity index (χ1) is 14.3. The molecule has 0 atom stereocenters. The SMILES string of the molecule is Cc1cccc(CNC(=O)CN(c2ccccc2C)S(=O)(=O)c2ccc(Cl)cc2)c1.